The molecule has 0 amide bonds. The third kappa shape index (κ3) is 2.40. The number of alkyl halides is 1. The fourth-order valence-corrected chi connectivity index (χ4v) is 3.53. The van der Waals surface area contributed by atoms with E-state index in [1.165, 1.54) is 0 Å². The smallest absolute Gasteiger partial charge is 0.120 e. The van der Waals surface area contributed by atoms with Gasteiger partial charge in [-0.1, -0.05) is 32.9 Å². The number of aromatic nitrogens is 1. The van der Waals surface area contributed by atoms with E-state index < -0.39 is 11.0 Å². The molecule has 2 atom stereocenters. The number of rotatable bonds is 2. The van der Waals surface area contributed by atoms with Crippen molar-refractivity contribution in [3.8, 4) is 0 Å². The molecule has 0 aliphatic heterocycles. The van der Waals surface area contributed by atoms with Crippen molar-refractivity contribution in [2.24, 2.45) is 5.41 Å². The summed E-state index contributed by atoms with van der Waals surface area (Å²) in [4.78, 5) is 3.69. The molecule has 0 aliphatic rings. The summed E-state index contributed by atoms with van der Waals surface area (Å²) in [5.41, 5.74) is 0.652. The molecule has 4 heteroatoms. The molecule has 0 saturated heterocycles. The number of aliphatic hydroxyl groups is 1. The lowest BCUT2D eigenvalue weighted by Gasteiger charge is -2.35. The average Bonchev–Trinajstić information content (AvgIpc) is 2.70. The van der Waals surface area contributed by atoms with Gasteiger partial charge in [0.05, 0.1) is 16.3 Å². The van der Waals surface area contributed by atoms with Gasteiger partial charge < -0.3 is 5.11 Å². The van der Waals surface area contributed by atoms with E-state index in [1.54, 1.807) is 11.3 Å². The van der Waals surface area contributed by atoms with Crippen LogP contribution < -0.4 is 0 Å². The average molecular weight is 284 g/mol. The van der Waals surface area contributed by atoms with E-state index in [-0.39, 0.29) is 5.41 Å². The Balaban J connectivity index is 2.46. The third-order valence-electron chi connectivity index (χ3n) is 3.05. The number of fused-ring (bicyclic) bond motifs is 1. The Kier molecular flexibility index (Phi) is 3.43. The molecule has 1 heterocycles. The maximum Gasteiger partial charge on any atom is 0.120 e. The van der Waals surface area contributed by atoms with Crippen LogP contribution in [0.2, 0.25) is 0 Å². The molecular formula is C14H18ClNOS. The maximum absolute atomic E-state index is 10.4. The Bertz CT molecular complexity index is 523. The Morgan fingerprint density at radius 2 is 1.83 bits per heavy atom. The van der Waals surface area contributed by atoms with Crippen LogP contribution in [0.5, 0.6) is 0 Å². The zero-order chi connectivity index (χ0) is 13.6. The van der Waals surface area contributed by atoms with Crippen molar-refractivity contribution >= 4 is 33.2 Å². The van der Waals surface area contributed by atoms with Gasteiger partial charge in [-0.3, -0.25) is 0 Å². The molecule has 18 heavy (non-hydrogen) atoms. The fraction of sp³-hybridized carbons (Fsp3) is 0.500. The predicted octanol–water partition coefficient (Wildman–Crippen LogP) is 4.16. The zero-order valence-electron chi connectivity index (χ0n) is 11.1. The molecule has 0 bridgehead atoms. The molecule has 2 nitrogen and oxygen atoms in total. The molecule has 0 fully saturated rings. The summed E-state index contributed by atoms with van der Waals surface area (Å²) in [5, 5.41) is 11.2. The van der Waals surface area contributed by atoms with E-state index in [0.29, 0.717) is 0 Å². The van der Waals surface area contributed by atoms with Gasteiger partial charge >= 0.3 is 0 Å². The van der Waals surface area contributed by atoms with Crippen LogP contribution >= 0.6 is 22.9 Å². The van der Waals surface area contributed by atoms with Crippen LogP contribution in [0.25, 0.3) is 10.2 Å². The van der Waals surface area contributed by atoms with Crippen molar-refractivity contribution in [2.75, 3.05) is 0 Å². The van der Waals surface area contributed by atoms with E-state index in [0.717, 1.165) is 15.2 Å². The molecule has 0 radical (unpaired) electrons. The Labute approximate surface area is 117 Å². The molecule has 98 valence electrons. The summed E-state index contributed by atoms with van der Waals surface area (Å²) in [7, 11) is 0. The molecule has 0 saturated carbocycles. The second-order valence-electron chi connectivity index (χ2n) is 5.83. The minimum atomic E-state index is -0.859. The fourth-order valence-electron chi connectivity index (χ4n) is 2.01. The lowest BCUT2D eigenvalue weighted by atomic mass is 9.82. The highest BCUT2D eigenvalue weighted by Crippen LogP contribution is 2.42. The van der Waals surface area contributed by atoms with Gasteiger partial charge in [-0.05, 0) is 24.5 Å². The van der Waals surface area contributed by atoms with Crippen molar-refractivity contribution in [1.29, 1.82) is 0 Å². The number of para-hydroxylation sites is 1. The van der Waals surface area contributed by atoms with Crippen LogP contribution in [0.15, 0.2) is 24.3 Å². The van der Waals surface area contributed by atoms with Crippen molar-refractivity contribution in [3.63, 3.8) is 0 Å². The van der Waals surface area contributed by atoms with Gasteiger partial charge in [0.2, 0.25) is 0 Å². The lowest BCUT2D eigenvalue weighted by molar-refractivity contribution is 0.0289. The van der Waals surface area contributed by atoms with Crippen LogP contribution in [0.3, 0.4) is 0 Å². The summed E-state index contributed by atoms with van der Waals surface area (Å²) in [5.74, 6) is 0. The summed E-state index contributed by atoms with van der Waals surface area (Å²) in [6.45, 7) is 7.77. The zero-order valence-corrected chi connectivity index (χ0v) is 12.6. The SMILES string of the molecule is CC(C)(C)[C@H](O)[C@](C)(Cl)c1nc2ccccc2s1. The quantitative estimate of drug-likeness (QED) is 0.840. The Morgan fingerprint density at radius 1 is 1.22 bits per heavy atom. The first-order valence-electron chi connectivity index (χ1n) is 5.96. The first-order valence-corrected chi connectivity index (χ1v) is 7.15. The van der Waals surface area contributed by atoms with Crippen LogP contribution in [0, 0.1) is 5.41 Å². The minimum absolute atomic E-state index is 0.283. The van der Waals surface area contributed by atoms with E-state index in [9.17, 15) is 5.11 Å². The standard InChI is InChI=1S/C14H18ClNOS/c1-13(2,3)11(17)14(4,15)12-16-9-7-5-6-8-10(9)18-12/h5-8,11,17H,1-4H3/t11-,14-/m0/s1. The lowest BCUT2D eigenvalue weighted by Crippen LogP contribution is -2.41. The molecular weight excluding hydrogens is 266 g/mol. The number of aliphatic hydroxyl groups excluding tert-OH is 1. The van der Waals surface area contributed by atoms with Crippen molar-refractivity contribution in [3.05, 3.63) is 29.3 Å². The van der Waals surface area contributed by atoms with Crippen molar-refractivity contribution < 1.29 is 5.11 Å². The Hall–Kier alpha value is -0.640. The van der Waals surface area contributed by atoms with Gasteiger partial charge in [0.15, 0.2) is 0 Å². The van der Waals surface area contributed by atoms with Crippen LogP contribution in [0.1, 0.15) is 32.7 Å². The molecule has 1 N–H and O–H groups in total. The van der Waals surface area contributed by atoms with Crippen molar-refractivity contribution in [1.82, 2.24) is 4.98 Å². The highest BCUT2D eigenvalue weighted by molar-refractivity contribution is 7.18. The summed E-state index contributed by atoms with van der Waals surface area (Å²) >= 11 is 8.11. The highest BCUT2D eigenvalue weighted by Gasteiger charge is 2.42. The van der Waals surface area contributed by atoms with Gasteiger partial charge in [0.1, 0.15) is 9.88 Å². The first kappa shape index (κ1) is 13.8. The van der Waals surface area contributed by atoms with Gasteiger partial charge in [-0.15, -0.1) is 22.9 Å². The normalized spacial score (nSPS) is 17.7. The van der Waals surface area contributed by atoms with Crippen LogP contribution in [0.4, 0.5) is 0 Å². The number of thiazole rings is 1. The van der Waals surface area contributed by atoms with Gasteiger partial charge in [-0.25, -0.2) is 4.98 Å². The van der Waals surface area contributed by atoms with E-state index in [2.05, 4.69) is 4.98 Å². The highest BCUT2D eigenvalue weighted by atomic mass is 35.5. The molecule has 0 spiro atoms. The second kappa shape index (κ2) is 4.48. The first-order chi connectivity index (χ1) is 8.23. The molecule has 1 aromatic carbocycles. The van der Waals surface area contributed by atoms with Gasteiger partial charge in [0, 0.05) is 0 Å². The monoisotopic (exact) mass is 283 g/mol. The number of hydrogen-bond acceptors (Lipinski definition) is 3. The maximum atomic E-state index is 10.4. The van der Waals surface area contributed by atoms with E-state index in [4.69, 9.17) is 11.6 Å². The third-order valence-corrected chi connectivity index (χ3v) is 4.82. The molecule has 2 rings (SSSR count). The number of halogens is 1. The van der Waals surface area contributed by atoms with E-state index in [1.807, 2.05) is 52.0 Å². The van der Waals surface area contributed by atoms with E-state index >= 15 is 0 Å². The van der Waals surface area contributed by atoms with Gasteiger partial charge in [-0.2, -0.15) is 0 Å². The summed E-state index contributed by atoms with van der Waals surface area (Å²) in [6.07, 6.45) is -0.660. The predicted molar refractivity (Wildman–Crippen MR) is 78.3 cm³/mol. The molecule has 0 aliphatic carbocycles. The van der Waals surface area contributed by atoms with Crippen LogP contribution in [-0.4, -0.2) is 16.2 Å². The summed E-state index contributed by atoms with van der Waals surface area (Å²) in [6, 6.07) is 7.92. The number of nitrogens with zero attached hydrogens (tertiary/aromatic N) is 1. The topological polar surface area (TPSA) is 33.1 Å². The molecule has 0 unspecified atom stereocenters. The second-order valence-corrected chi connectivity index (χ2v) is 7.65. The van der Waals surface area contributed by atoms with Gasteiger partial charge in [0.25, 0.3) is 0 Å². The van der Waals surface area contributed by atoms with Crippen molar-refractivity contribution in [2.45, 2.75) is 38.7 Å². The summed E-state index contributed by atoms with van der Waals surface area (Å²) < 4.78 is 1.10. The minimum Gasteiger partial charge on any atom is -0.390 e. The Morgan fingerprint density at radius 3 is 2.39 bits per heavy atom. The molecule has 1 aromatic heterocycles. The number of hydrogen-bond donors (Lipinski definition) is 1. The van der Waals surface area contributed by atoms with Crippen LogP contribution in [-0.2, 0) is 4.87 Å². The molecule has 2 aromatic rings. The number of benzene rings is 1. The largest absolute Gasteiger partial charge is 0.390 e.